The van der Waals surface area contributed by atoms with Crippen LogP contribution < -0.4 is 0 Å². The van der Waals surface area contributed by atoms with Crippen molar-refractivity contribution in [1.82, 2.24) is 0 Å². The van der Waals surface area contributed by atoms with Gasteiger partial charge in [-0.3, -0.25) is 4.79 Å². The maximum absolute atomic E-state index is 11.0. The van der Waals surface area contributed by atoms with E-state index in [0.717, 1.165) is 12.0 Å². The molecule has 2 heteroatoms. The van der Waals surface area contributed by atoms with Gasteiger partial charge >= 0.3 is 5.97 Å². The lowest BCUT2D eigenvalue weighted by molar-refractivity contribution is -0.141. The minimum absolute atomic E-state index is 0.130. The van der Waals surface area contributed by atoms with Crippen molar-refractivity contribution in [3.8, 4) is 0 Å². The molecule has 0 radical (unpaired) electrons. The molecule has 0 spiro atoms. The predicted octanol–water partition coefficient (Wildman–Crippen LogP) is 3.75. The SMILES string of the molecule is CCCCCc1ccc(C2=CCC(=O)OC2)cc1. The number of carbonyl (C=O) groups is 1. The molecule has 2 rings (SSSR count). The Bertz CT molecular complexity index is 429. The zero-order valence-corrected chi connectivity index (χ0v) is 10.9. The Balaban J connectivity index is 1.97. The fourth-order valence-electron chi connectivity index (χ4n) is 2.15. The van der Waals surface area contributed by atoms with Crippen LogP contribution in [0.25, 0.3) is 5.57 Å². The lowest BCUT2D eigenvalue weighted by Gasteiger charge is -2.14. The van der Waals surface area contributed by atoms with Crippen molar-refractivity contribution in [2.75, 3.05) is 6.61 Å². The molecule has 1 aromatic rings. The summed E-state index contributed by atoms with van der Waals surface area (Å²) in [5, 5.41) is 0. The van der Waals surface area contributed by atoms with Crippen LogP contribution in [0.2, 0.25) is 0 Å². The first-order chi connectivity index (χ1) is 8.79. The van der Waals surface area contributed by atoms with Crippen molar-refractivity contribution < 1.29 is 9.53 Å². The molecule has 1 aromatic carbocycles. The van der Waals surface area contributed by atoms with Crippen LogP contribution in [-0.4, -0.2) is 12.6 Å². The van der Waals surface area contributed by atoms with E-state index in [0.29, 0.717) is 13.0 Å². The number of hydrogen-bond acceptors (Lipinski definition) is 2. The van der Waals surface area contributed by atoms with Gasteiger partial charge in [-0.1, -0.05) is 50.1 Å². The third-order valence-electron chi connectivity index (χ3n) is 3.30. The highest BCUT2D eigenvalue weighted by Gasteiger charge is 2.12. The van der Waals surface area contributed by atoms with E-state index in [-0.39, 0.29) is 5.97 Å². The predicted molar refractivity (Wildman–Crippen MR) is 73.2 cm³/mol. The Morgan fingerprint density at radius 1 is 1.17 bits per heavy atom. The van der Waals surface area contributed by atoms with E-state index in [9.17, 15) is 4.79 Å². The lowest BCUT2D eigenvalue weighted by atomic mass is 10.0. The van der Waals surface area contributed by atoms with Crippen LogP contribution in [0.4, 0.5) is 0 Å². The maximum Gasteiger partial charge on any atom is 0.309 e. The Morgan fingerprint density at radius 2 is 1.94 bits per heavy atom. The molecule has 0 saturated heterocycles. The van der Waals surface area contributed by atoms with Gasteiger partial charge in [0.2, 0.25) is 0 Å². The number of unbranched alkanes of at least 4 members (excludes halogenated alkanes) is 2. The van der Waals surface area contributed by atoms with Crippen LogP contribution in [0.1, 0.15) is 43.7 Å². The molecule has 2 nitrogen and oxygen atoms in total. The highest BCUT2D eigenvalue weighted by Crippen LogP contribution is 2.20. The first-order valence-corrected chi connectivity index (χ1v) is 6.73. The van der Waals surface area contributed by atoms with E-state index < -0.39 is 0 Å². The Hall–Kier alpha value is -1.57. The van der Waals surface area contributed by atoms with Crippen LogP contribution in [0.15, 0.2) is 30.3 Å². The monoisotopic (exact) mass is 244 g/mol. The van der Waals surface area contributed by atoms with E-state index in [4.69, 9.17) is 4.74 Å². The topological polar surface area (TPSA) is 26.3 Å². The molecule has 18 heavy (non-hydrogen) atoms. The number of esters is 1. The van der Waals surface area contributed by atoms with Crippen molar-refractivity contribution >= 4 is 11.5 Å². The fourth-order valence-corrected chi connectivity index (χ4v) is 2.15. The molecular weight excluding hydrogens is 224 g/mol. The summed E-state index contributed by atoms with van der Waals surface area (Å²) in [4.78, 5) is 11.0. The number of ether oxygens (including phenoxy) is 1. The average molecular weight is 244 g/mol. The van der Waals surface area contributed by atoms with Gasteiger partial charge in [0.15, 0.2) is 0 Å². The molecule has 0 fully saturated rings. The van der Waals surface area contributed by atoms with Crippen LogP contribution in [0, 0.1) is 0 Å². The van der Waals surface area contributed by atoms with Crippen molar-refractivity contribution in [3.05, 3.63) is 41.5 Å². The summed E-state index contributed by atoms with van der Waals surface area (Å²) in [5.74, 6) is -0.130. The minimum Gasteiger partial charge on any atom is -0.461 e. The van der Waals surface area contributed by atoms with E-state index in [2.05, 4.69) is 31.2 Å². The van der Waals surface area contributed by atoms with E-state index in [1.54, 1.807) is 0 Å². The number of aryl methyl sites for hydroxylation is 1. The molecule has 1 heterocycles. The molecular formula is C16H20O2. The van der Waals surface area contributed by atoms with Gasteiger partial charge in [-0.05, 0) is 29.5 Å². The second-order valence-electron chi connectivity index (χ2n) is 4.75. The van der Waals surface area contributed by atoms with Gasteiger partial charge in [-0.15, -0.1) is 0 Å². The zero-order valence-electron chi connectivity index (χ0n) is 10.9. The van der Waals surface area contributed by atoms with E-state index >= 15 is 0 Å². The highest BCUT2D eigenvalue weighted by atomic mass is 16.5. The first-order valence-electron chi connectivity index (χ1n) is 6.73. The van der Waals surface area contributed by atoms with Gasteiger partial charge in [-0.2, -0.15) is 0 Å². The summed E-state index contributed by atoms with van der Waals surface area (Å²) in [6.45, 7) is 2.63. The number of benzene rings is 1. The number of hydrogen-bond donors (Lipinski definition) is 0. The van der Waals surface area contributed by atoms with Gasteiger partial charge in [0.1, 0.15) is 6.61 Å². The molecule has 1 aliphatic rings. The zero-order chi connectivity index (χ0) is 12.8. The van der Waals surface area contributed by atoms with Gasteiger partial charge in [0.05, 0.1) is 6.42 Å². The maximum atomic E-state index is 11.0. The highest BCUT2D eigenvalue weighted by molar-refractivity contribution is 5.80. The normalized spacial score (nSPS) is 15.2. The molecule has 0 unspecified atom stereocenters. The fraction of sp³-hybridized carbons (Fsp3) is 0.438. The quantitative estimate of drug-likeness (QED) is 0.582. The van der Waals surface area contributed by atoms with Gasteiger partial charge in [0.25, 0.3) is 0 Å². The Labute approximate surface area is 109 Å². The molecule has 0 saturated carbocycles. The second-order valence-corrected chi connectivity index (χ2v) is 4.75. The lowest BCUT2D eigenvalue weighted by Crippen LogP contribution is -2.11. The summed E-state index contributed by atoms with van der Waals surface area (Å²) < 4.78 is 5.05. The van der Waals surface area contributed by atoms with Crippen molar-refractivity contribution in [2.45, 2.75) is 39.0 Å². The molecule has 0 atom stereocenters. The van der Waals surface area contributed by atoms with Crippen LogP contribution >= 0.6 is 0 Å². The summed E-state index contributed by atoms with van der Waals surface area (Å²) in [5.41, 5.74) is 3.68. The third kappa shape index (κ3) is 3.46. The number of cyclic esters (lactones) is 1. The Morgan fingerprint density at radius 3 is 2.56 bits per heavy atom. The minimum atomic E-state index is -0.130. The van der Waals surface area contributed by atoms with Crippen LogP contribution in [-0.2, 0) is 16.0 Å². The molecule has 0 amide bonds. The van der Waals surface area contributed by atoms with Crippen molar-refractivity contribution in [2.24, 2.45) is 0 Å². The third-order valence-corrected chi connectivity index (χ3v) is 3.30. The number of carbonyl (C=O) groups excluding carboxylic acids is 1. The summed E-state index contributed by atoms with van der Waals surface area (Å²) in [6, 6.07) is 8.63. The molecule has 0 aromatic heterocycles. The molecule has 96 valence electrons. The van der Waals surface area contributed by atoms with E-state index in [1.165, 1.54) is 30.4 Å². The first kappa shape index (κ1) is 12.9. The summed E-state index contributed by atoms with van der Waals surface area (Å²) >= 11 is 0. The van der Waals surface area contributed by atoms with E-state index in [1.807, 2.05) is 6.08 Å². The molecule has 0 bridgehead atoms. The van der Waals surface area contributed by atoms with Crippen molar-refractivity contribution in [3.63, 3.8) is 0 Å². The molecule has 0 N–H and O–H groups in total. The second kappa shape index (κ2) is 6.39. The average Bonchev–Trinajstić information content (AvgIpc) is 2.41. The summed E-state index contributed by atoms with van der Waals surface area (Å²) in [7, 11) is 0. The van der Waals surface area contributed by atoms with Gasteiger partial charge in [0, 0.05) is 0 Å². The van der Waals surface area contributed by atoms with Gasteiger partial charge in [-0.25, -0.2) is 0 Å². The Kier molecular flexibility index (Phi) is 4.57. The van der Waals surface area contributed by atoms with Crippen LogP contribution in [0.5, 0.6) is 0 Å². The number of rotatable bonds is 5. The standard InChI is InChI=1S/C16H20O2/c1-2-3-4-5-13-6-8-14(9-7-13)15-10-11-16(17)18-12-15/h6-10H,2-5,11-12H2,1H3. The largest absolute Gasteiger partial charge is 0.461 e. The summed E-state index contributed by atoms with van der Waals surface area (Å²) in [6.07, 6.45) is 7.34. The molecule has 1 aliphatic heterocycles. The van der Waals surface area contributed by atoms with Crippen molar-refractivity contribution in [1.29, 1.82) is 0 Å². The van der Waals surface area contributed by atoms with Gasteiger partial charge < -0.3 is 4.74 Å². The van der Waals surface area contributed by atoms with Crippen LogP contribution in [0.3, 0.4) is 0 Å². The smallest absolute Gasteiger partial charge is 0.309 e. The molecule has 0 aliphatic carbocycles.